The van der Waals surface area contributed by atoms with Crippen LogP contribution >= 0.6 is 0 Å². The Morgan fingerprint density at radius 1 is 1.35 bits per heavy atom. The standard InChI is InChI=1S/C20H20N4O2/c1-2-26-20(25)15-11-22-24(13-15)17-7-8-19-18(9-17)14(10-21)12-23(19)16-5-3-4-6-16/h7-9,11-13,16H,2-6H2,1H3. The molecule has 1 aliphatic carbocycles. The average molecular weight is 348 g/mol. The maximum absolute atomic E-state index is 11.8. The summed E-state index contributed by atoms with van der Waals surface area (Å²) in [5.74, 6) is -0.384. The number of ether oxygens (including phenoxy) is 1. The Hall–Kier alpha value is -3.07. The van der Waals surface area contributed by atoms with E-state index in [1.54, 1.807) is 17.8 Å². The molecule has 2 heterocycles. The van der Waals surface area contributed by atoms with Crippen molar-refractivity contribution in [2.45, 2.75) is 38.6 Å². The molecule has 0 unspecified atom stereocenters. The van der Waals surface area contributed by atoms with Gasteiger partial charge in [0.15, 0.2) is 0 Å². The predicted octanol–water partition coefficient (Wildman–Crippen LogP) is 3.99. The third kappa shape index (κ3) is 2.76. The summed E-state index contributed by atoms with van der Waals surface area (Å²) in [6, 6.07) is 8.75. The maximum atomic E-state index is 11.8. The van der Waals surface area contributed by atoms with E-state index >= 15 is 0 Å². The van der Waals surface area contributed by atoms with Crippen molar-refractivity contribution in [3.8, 4) is 11.8 Å². The van der Waals surface area contributed by atoms with E-state index in [1.807, 2.05) is 24.4 Å². The molecule has 3 aromatic rings. The van der Waals surface area contributed by atoms with Crippen LogP contribution in [0.2, 0.25) is 0 Å². The highest BCUT2D eigenvalue weighted by molar-refractivity contribution is 5.90. The van der Waals surface area contributed by atoms with E-state index in [0.717, 1.165) is 16.6 Å². The van der Waals surface area contributed by atoms with Gasteiger partial charge in [0.05, 0.1) is 29.6 Å². The Balaban J connectivity index is 1.74. The smallest absolute Gasteiger partial charge is 0.341 e. The molecule has 1 aliphatic rings. The molecule has 0 amide bonds. The first-order valence-electron chi connectivity index (χ1n) is 8.98. The number of rotatable bonds is 4. The SMILES string of the molecule is CCOC(=O)c1cnn(-c2ccc3c(c2)c(C#N)cn3C2CCCC2)c1. The number of hydrogen-bond acceptors (Lipinski definition) is 4. The summed E-state index contributed by atoms with van der Waals surface area (Å²) < 4.78 is 8.89. The van der Waals surface area contributed by atoms with Crippen molar-refractivity contribution in [2.24, 2.45) is 0 Å². The predicted molar refractivity (Wildman–Crippen MR) is 97.2 cm³/mol. The van der Waals surface area contributed by atoms with Gasteiger partial charge >= 0.3 is 5.97 Å². The minimum Gasteiger partial charge on any atom is -0.462 e. The summed E-state index contributed by atoms with van der Waals surface area (Å²) in [6.07, 6.45) is 9.94. The van der Waals surface area contributed by atoms with Crippen molar-refractivity contribution in [3.63, 3.8) is 0 Å². The molecule has 6 nitrogen and oxygen atoms in total. The minimum absolute atomic E-state index is 0.330. The highest BCUT2D eigenvalue weighted by atomic mass is 16.5. The van der Waals surface area contributed by atoms with E-state index in [1.165, 1.54) is 31.9 Å². The summed E-state index contributed by atoms with van der Waals surface area (Å²) in [6.45, 7) is 2.10. The first-order chi connectivity index (χ1) is 12.7. The second-order valence-electron chi connectivity index (χ2n) is 6.60. The molecule has 0 saturated heterocycles. The fourth-order valence-corrected chi connectivity index (χ4v) is 3.74. The van der Waals surface area contributed by atoms with Crippen molar-refractivity contribution in [2.75, 3.05) is 6.61 Å². The van der Waals surface area contributed by atoms with Crippen molar-refractivity contribution in [1.82, 2.24) is 14.3 Å². The van der Waals surface area contributed by atoms with Gasteiger partial charge < -0.3 is 9.30 Å². The lowest BCUT2D eigenvalue weighted by Crippen LogP contribution is -2.03. The molecule has 1 saturated carbocycles. The third-order valence-electron chi connectivity index (χ3n) is 5.01. The van der Waals surface area contributed by atoms with Crippen molar-refractivity contribution in [3.05, 3.63) is 47.9 Å². The summed E-state index contributed by atoms with van der Waals surface area (Å²) >= 11 is 0. The summed E-state index contributed by atoms with van der Waals surface area (Å²) in [4.78, 5) is 11.8. The zero-order valence-corrected chi connectivity index (χ0v) is 14.7. The lowest BCUT2D eigenvalue weighted by Gasteiger charge is -2.13. The zero-order valence-electron chi connectivity index (χ0n) is 14.7. The van der Waals surface area contributed by atoms with Crippen LogP contribution < -0.4 is 0 Å². The number of fused-ring (bicyclic) bond motifs is 1. The van der Waals surface area contributed by atoms with Gasteiger partial charge in [-0.25, -0.2) is 9.48 Å². The molecule has 132 valence electrons. The quantitative estimate of drug-likeness (QED) is 0.668. The molecule has 0 bridgehead atoms. The number of aromatic nitrogens is 3. The van der Waals surface area contributed by atoms with Crippen LogP contribution in [0.25, 0.3) is 16.6 Å². The Labute approximate surface area is 151 Å². The van der Waals surface area contributed by atoms with Gasteiger partial charge in [-0.1, -0.05) is 12.8 Å². The Bertz CT molecular complexity index is 1000. The fraction of sp³-hybridized carbons (Fsp3) is 0.350. The molecular formula is C20H20N4O2. The Morgan fingerprint density at radius 2 is 2.15 bits per heavy atom. The topological polar surface area (TPSA) is 72.8 Å². The zero-order chi connectivity index (χ0) is 18.1. The Kier molecular flexibility index (Phi) is 4.21. The van der Waals surface area contributed by atoms with Crippen molar-refractivity contribution in [1.29, 1.82) is 5.26 Å². The molecule has 6 heteroatoms. The number of esters is 1. The molecular weight excluding hydrogens is 328 g/mol. The molecule has 0 N–H and O–H groups in total. The molecule has 26 heavy (non-hydrogen) atoms. The lowest BCUT2D eigenvalue weighted by molar-refractivity contribution is 0.0526. The highest BCUT2D eigenvalue weighted by Gasteiger charge is 2.20. The van der Waals surface area contributed by atoms with E-state index in [9.17, 15) is 10.1 Å². The van der Waals surface area contributed by atoms with Gasteiger partial charge in [-0.05, 0) is 38.0 Å². The van der Waals surface area contributed by atoms with Crippen molar-refractivity contribution < 1.29 is 9.53 Å². The van der Waals surface area contributed by atoms with Crippen LogP contribution in [0.5, 0.6) is 0 Å². The van der Waals surface area contributed by atoms with Crippen molar-refractivity contribution >= 4 is 16.9 Å². The second-order valence-corrected chi connectivity index (χ2v) is 6.60. The van der Waals surface area contributed by atoms with Crippen LogP contribution in [0.15, 0.2) is 36.8 Å². The summed E-state index contributed by atoms with van der Waals surface area (Å²) in [5, 5.41) is 14.7. The normalized spacial score (nSPS) is 14.6. The number of carbonyl (C=O) groups excluding carboxylic acids is 1. The van der Waals surface area contributed by atoms with Gasteiger partial charge in [0.25, 0.3) is 0 Å². The minimum atomic E-state index is -0.384. The number of nitrogens with zero attached hydrogens (tertiary/aromatic N) is 4. The third-order valence-corrected chi connectivity index (χ3v) is 5.01. The van der Waals surface area contributed by atoms with Gasteiger partial charge in [-0.2, -0.15) is 10.4 Å². The highest BCUT2D eigenvalue weighted by Crippen LogP contribution is 2.34. The van der Waals surface area contributed by atoms with E-state index in [2.05, 4.69) is 15.7 Å². The number of hydrogen-bond donors (Lipinski definition) is 0. The number of nitriles is 1. The van der Waals surface area contributed by atoms with E-state index in [0.29, 0.717) is 23.8 Å². The van der Waals surface area contributed by atoms with Crippen LogP contribution in [0, 0.1) is 11.3 Å². The lowest BCUT2D eigenvalue weighted by atomic mass is 10.1. The average Bonchev–Trinajstić information content (AvgIpc) is 3.39. The first kappa shape index (κ1) is 16.4. The Morgan fingerprint density at radius 3 is 2.88 bits per heavy atom. The molecule has 0 aliphatic heterocycles. The molecule has 0 radical (unpaired) electrons. The molecule has 0 spiro atoms. The summed E-state index contributed by atoms with van der Waals surface area (Å²) in [7, 11) is 0. The molecule has 1 fully saturated rings. The van der Waals surface area contributed by atoms with Crippen LogP contribution in [0.1, 0.15) is 54.6 Å². The fourth-order valence-electron chi connectivity index (χ4n) is 3.74. The number of carbonyl (C=O) groups is 1. The van der Waals surface area contributed by atoms with Crippen LogP contribution in [0.3, 0.4) is 0 Å². The van der Waals surface area contributed by atoms with E-state index < -0.39 is 0 Å². The van der Waals surface area contributed by atoms with Gasteiger partial charge in [0.1, 0.15) is 6.07 Å². The monoisotopic (exact) mass is 348 g/mol. The van der Waals surface area contributed by atoms with Gasteiger partial charge in [-0.3, -0.25) is 0 Å². The first-order valence-corrected chi connectivity index (χ1v) is 8.98. The van der Waals surface area contributed by atoms with Crippen LogP contribution in [0.4, 0.5) is 0 Å². The van der Waals surface area contributed by atoms with Gasteiger partial charge in [0.2, 0.25) is 0 Å². The van der Waals surface area contributed by atoms with Crippen LogP contribution in [-0.2, 0) is 4.74 Å². The van der Waals surface area contributed by atoms with E-state index in [-0.39, 0.29) is 5.97 Å². The van der Waals surface area contributed by atoms with E-state index in [4.69, 9.17) is 4.74 Å². The second kappa shape index (κ2) is 6.68. The van der Waals surface area contributed by atoms with Gasteiger partial charge in [0, 0.05) is 29.3 Å². The largest absolute Gasteiger partial charge is 0.462 e. The molecule has 4 rings (SSSR count). The van der Waals surface area contributed by atoms with Crippen LogP contribution in [-0.4, -0.2) is 26.9 Å². The molecule has 1 aromatic carbocycles. The number of benzene rings is 1. The molecule has 0 atom stereocenters. The van der Waals surface area contributed by atoms with Gasteiger partial charge in [-0.15, -0.1) is 0 Å². The maximum Gasteiger partial charge on any atom is 0.341 e. The summed E-state index contributed by atoms with van der Waals surface area (Å²) in [5.41, 5.74) is 2.98. The molecule has 2 aromatic heterocycles.